The number of anilines is 1. The first-order valence-electron chi connectivity index (χ1n) is 5.99. The van der Waals surface area contributed by atoms with E-state index >= 15 is 0 Å². The SMILES string of the molecule is CC(=O)c1ccc(NS(=O)(=O)c2ccc(Cl)c(Cl)c2Cl)cc1. The summed E-state index contributed by atoms with van der Waals surface area (Å²) < 4.78 is 27.0. The van der Waals surface area contributed by atoms with Crippen molar-refractivity contribution in [2.45, 2.75) is 11.8 Å². The zero-order chi connectivity index (χ0) is 16.5. The van der Waals surface area contributed by atoms with Gasteiger partial charge in [-0.1, -0.05) is 34.8 Å². The molecule has 4 nitrogen and oxygen atoms in total. The highest BCUT2D eigenvalue weighted by atomic mass is 35.5. The number of hydrogen-bond acceptors (Lipinski definition) is 3. The van der Waals surface area contributed by atoms with Gasteiger partial charge in [0.25, 0.3) is 10.0 Å². The van der Waals surface area contributed by atoms with Gasteiger partial charge in [-0.15, -0.1) is 0 Å². The van der Waals surface area contributed by atoms with Crippen molar-refractivity contribution < 1.29 is 13.2 Å². The molecule has 0 atom stereocenters. The molecule has 0 aliphatic heterocycles. The molecule has 0 amide bonds. The van der Waals surface area contributed by atoms with Crippen LogP contribution in [0.3, 0.4) is 0 Å². The van der Waals surface area contributed by atoms with Gasteiger partial charge in [-0.25, -0.2) is 8.42 Å². The van der Waals surface area contributed by atoms with Crippen LogP contribution in [-0.4, -0.2) is 14.2 Å². The van der Waals surface area contributed by atoms with Crippen molar-refractivity contribution in [3.8, 4) is 0 Å². The topological polar surface area (TPSA) is 63.2 Å². The Hall–Kier alpha value is -1.27. The van der Waals surface area contributed by atoms with Gasteiger partial charge < -0.3 is 0 Å². The molecule has 1 N–H and O–H groups in total. The number of sulfonamides is 1. The highest BCUT2D eigenvalue weighted by molar-refractivity contribution is 7.92. The first kappa shape index (κ1) is 17.1. The molecule has 0 fully saturated rings. The first-order chi connectivity index (χ1) is 10.2. The summed E-state index contributed by atoms with van der Waals surface area (Å²) >= 11 is 17.6. The highest BCUT2D eigenvalue weighted by Gasteiger charge is 2.21. The molecule has 0 aromatic heterocycles. The van der Waals surface area contributed by atoms with Crippen LogP contribution in [0.5, 0.6) is 0 Å². The molecule has 0 saturated heterocycles. The normalized spacial score (nSPS) is 11.3. The zero-order valence-electron chi connectivity index (χ0n) is 11.2. The summed E-state index contributed by atoms with van der Waals surface area (Å²) in [6.07, 6.45) is 0. The highest BCUT2D eigenvalue weighted by Crippen LogP contribution is 2.35. The lowest BCUT2D eigenvalue weighted by Crippen LogP contribution is -2.13. The fraction of sp³-hybridized carbons (Fsp3) is 0.0714. The van der Waals surface area contributed by atoms with Crippen LogP contribution >= 0.6 is 34.8 Å². The number of carbonyl (C=O) groups excluding carboxylic acids is 1. The average molecular weight is 379 g/mol. The van der Waals surface area contributed by atoms with E-state index in [0.717, 1.165) is 0 Å². The minimum Gasteiger partial charge on any atom is -0.295 e. The van der Waals surface area contributed by atoms with Crippen LogP contribution in [0.2, 0.25) is 15.1 Å². The molecular weight excluding hydrogens is 369 g/mol. The van der Waals surface area contributed by atoms with Gasteiger partial charge in [0.1, 0.15) is 4.90 Å². The monoisotopic (exact) mass is 377 g/mol. The molecule has 0 heterocycles. The minimum atomic E-state index is -3.93. The van der Waals surface area contributed by atoms with Crippen molar-refractivity contribution in [2.75, 3.05) is 4.72 Å². The quantitative estimate of drug-likeness (QED) is 0.622. The Balaban J connectivity index is 2.36. The Kier molecular flexibility index (Phi) is 5.02. The van der Waals surface area contributed by atoms with Crippen LogP contribution in [0.15, 0.2) is 41.3 Å². The lowest BCUT2D eigenvalue weighted by atomic mass is 10.1. The second-order valence-electron chi connectivity index (χ2n) is 4.41. The molecule has 0 radical (unpaired) electrons. The fourth-order valence-corrected chi connectivity index (χ4v) is 3.74. The third-order valence-corrected chi connectivity index (χ3v) is 5.66. The predicted molar refractivity (Wildman–Crippen MR) is 88.7 cm³/mol. The Morgan fingerprint density at radius 3 is 2.09 bits per heavy atom. The summed E-state index contributed by atoms with van der Waals surface area (Å²) in [5.41, 5.74) is 0.780. The number of Topliss-reactive ketones (excluding diaryl/α,β-unsaturated/α-hetero) is 1. The summed E-state index contributed by atoms with van der Waals surface area (Å²) in [7, 11) is -3.93. The molecule has 22 heavy (non-hydrogen) atoms. The minimum absolute atomic E-state index is 0.0295. The van der Waals surface area contributed by atoms with Crippen LogP contribution in [0, 0.1) is 0 Å². The lowest BCUT2D eigenvalue weighted by Gasteiger charge is -2.11. The molecule has 0 aliphatic carbocycles. The van der Waals surface area contributed by atoms with Crippen LogP contribution in [0.4, 0.5) is 5.69 Å². The van der Waals surface area contributed by atoms with Gasteiger partial charge in [0.05, 0.1) is 15.1 Å². The third-order valence-electron chi connectivity index (χ3n) is 2.83. The van der Waals surface area contributed by atoms with Gasteiger partial charge in [0, 0.05) is 11.3 Å². The predicted octanol–water partition coefficient (Wildman–Crippen LogP) is 4.65. The smallest absolute Gasteiger partial charge is 0.263 e. The van der Waals surface area contributed by atoms with E-state index in [9.17, 15) is 13.2 Å². The van der Waals surface area contributed by atoms with Crippen molar-refractivity contribution >= 4 is 56.3 Å². The van der Waals surface area contributed by atoms with E-state index in [4.69, 9.17) is 34.8 Å². The molecule has 0 saturated carbocycles. The number of ketones is 1. The number of halogens is 3. The van der Waals surface area contributed by atoms with E-state index in [1.807, 2.05) is 0 Å². The molecule has 8 heteroatoms. The molecular formula is C14H10Cl3NO3S. The number of benzene rings is 2. The summed E-state index contributed by atoms with van der Waals surface area (Å²) in [4.78, 5) is 11.0. The van der Waals surface area contributed by atoms with Crippen molar-refractivity contribution in [3.05, 3.63) is 57.0 Å². The summed E-state index contributed by atoms with van der Waals surface area (Å²) in [6, 6.07) is 8.64. The maximum Gasteiger partial charge on any atom is 0.263 e. The molecule has 0 unspecified atom stereocenters. The summed E-state index contributed by atoms with van der Waals surface area (Å²) in [6.45, 7) is 1.43. The van der Waals surface area contributed by atoms with E-state index < -0.39 is 10.0 Å². The number of carbonyl (C=O) groups is 1. The van der Waals surface area contributed by atoms with Gasteiger partial charge in [0.15, 0.2) is 5.78 Å². The molecule has 0 bridgehead atoms. The van der Waals surface area contributed by atoms with E-state index in [2.05, 4.69) is 4.72 Å². The number of rotatable bonds is 4. The van der Waals surface area contributed by atoms with Crippen LogP contribution < -0.4 is 4.72 Å². The average Bonchev–Trinajstić information content (AvgIpc) is 2.44. The van der Waals surface area contributed by atoms with E-state index in [0.29, 0.717) is 11.3 Å². The van der Waals surface area contributed by atoms with Gasteiger partial charge >= 0.3 is 0 Å². The first-order valence-corrected chi connectivity index (χ1v) is 8.61. The summed E-state index contributed by atoms with van der Waals surface area (Å²) in [5, 5.41) is -0.0170. The van der Waals surface area contributed by atoms with Gasteiger partial charge in [0.2, 0.25) is 0 Å². The van der Waals surface area contributed by atoms with Gasteiger partial charge in [-0.05, 0) is 43.3 Å². The number of nitrogens with one attached hydrogen (secondary N) is 1. The van der Waals surface area contributed by atoms with E-state index in [1.165, 1.54) is 43.3 Å². The Morgan fingerprint density at radius 2 is 1.55 bits per heavy atom. The Morgan fingerprint density at radius 1 is 0.955 bits per heavy atom. The molecule has 2 aromatic rings. The lowest BCUT2D eigenvalue weighted by molar-refractivity contribution is 0.101. The van der Waals surface area contributed by atoms with Crippen LogP contribution in [0.1, 0.15) is 17.3 Å². The van der Waals surface area contributed by atoms with Crippen molar-refractivity contribution in [2.24, 2.45) is 0 Å². The largest absolute Gasteiger partial charge is 0.295 e. The second kappa shape index (κ2) is 6.46. The zero-order valence-corrected chi connectivity index (χ0v) is 14.3. The molecule has 0 aliphatic rings. The van der Waals surface area contributed by atoms with E-state index in [-0.39, 0.29) is 25.7 Å². The third kappa shape index (κ3) is 3.55. The maximum absolute atomic E-state index is 12.3. The van der Waals surface area contributed by atoms with Gasteiger partial charge in [-0.3, -0.25) is 9.52 Å². The molecule has 0 spiro atoms. The van der Waals surface area contributed by atoms with Crippen LogP contribution in [-0.2, 0) is 10.0 Å². The summed E-state index contributed by atoms with van der Waals surface area (Å²) in [5.74, 6) is -0.109. The maximum atomic E-state index is 12.3. The molecule has 116 valence electrons. The second-order valence-corrected chi connectivity index (χ2v) is 7.23. The fourth-order valence-electron chi connectivity index (χ4n) is 1.70. The molecule has 2 aromatic carbocycles. The van der Waals surface area contributed by atoms with E-state index in [1.54, 1.807) is 0 Å². The van der Waals surface area contributed by atoms with Crippen molar-refractivity contribution in [3.63, 3.8) is 0 Å². The Bertz CT molecular complexity index is 833. The van der Waals surface area contributed by atoms with Crippen molar-refractivity contribution in [1.82, 2.24) is 0 Å². The standard InChI is InChI=1S/C14H10Cl3NO3S/c1-8(19)9-2-4-10(5-3-9)18-22(20,21)12-7-6-11(15)13(16)14(12)17/h2-7,18H,1H3. The number of hydrogen-bond donors (Lipinski definition) is 1. The van der Waals surface area contributed by atoms with Crippen molar-refractivity contribution in [1.29, 1.82) is 0 Å². The van der Waals surface area contributed by atoms with Gasteiger partial charge in [-0.2, -0.15) is 0 Å². The van der Waals surface area contributed by atoms with Crippen LogP contribution in [0.25, 0.3) is 0 Å². The molecule has 2 rings (SSSR count). The Labute approximate surface area is 143 Å².